The first-order chi connectivity index (χ1) is 8.16. The number of morpholine rings is 1. The standard InChI is InChI=1S/C11H18N2O3S/c12-11(17)9-7-13(3-5-16-9)10(14)6-8-2-1-4-15-8/h8-9H,1-7H2,(H2,12,17). The van der Waals surface area contributed by atoms with Crippen LogP contribution >= 0.6 is 12.2 Å². The number of carbonyl (C=O) groups excluding carboxylic acids is 1. The Morgan fingerprint density at radius 3 is 2.88 bits per heavy atom. The second-order valence-electron chi connectivity index (χ2n) is 4.44. The number of hydrogen-bond acceptors (Lipinski definition) is 4. The maximum atomic E-state index is 12.0. The first-order valence-electron chi connectivity index (χ1n) is 5.97. The van der Waals surface area contributed by atoms with Gasteiger partial charge in [-0.05, 0) is 12.8 Å². The maximum absolute atomic E-state index is 12.0. The van der Waals surface area contributed by atoms with Gasteiger partial charge in [0.05, 0.1) is 25.7 Å². The molecule has 2 N–H and O–H groups in total. The minimum absolute atomic E-state index is 0.0913. The number of carbonyl (C=O) groups is 1. The minimum atomic E-state index is -0.299. The molecule has 17 heavy (non-hydrogen) atoms. The fourth-order valence-corrected chi connectivity index (χ4v) is 2.32. The molecule has 2 unspecified atom stereocenters. The van der Waals surface area contributed by atoms with Crippen LogP contribution in [0.15, 0.2) is 0 Å². The lowest BCUT2D eigenvalue weighted by atomic mass is 10.1. The second-order valence-corrected chi connectivity index (χ2v) is 4.91. The quantitative estimate of drug-likeness (QED) is 0.726. The van der Waals surface area contributed by atoms with E-state index in [4.69, 9.17) is 27.4 Å². The fraction of sp³-hybridized carbons (Fsp3) is 0.818. The molecule has 0 spiro atoms. The Bertz CT molecular complexity index is 305. The minimum Gasteiger partial charge on any atom is -0.391 e. The van der Waals surface area contributed by atoms with Gasteiger partial charge < -0.3 is 20.1 Å². The molecule has 2 aliphatic heterocycles. The molecule has 0 aromatic rings. The molecule has 1 amide bonds. The summed E-state index contributed by atoms with van der Waals surface area (Å²) in [7, 11) is 0. The Morgan fingerprint density at radius 2 is 2.24 bits per heavy atom. The number of thiocarbonyl (C=S) groups is 1. The molecular weight excluding hydrogens is 240 g/mol. The van der Waals surface area contributed by atoms with Gasteiger partial charge in [-0.1, -0.05) is 12.2 Å². The van der Waals surface area contributed by atoms with E-state index in [0.29, 0.717) is 31.1 Å². The molecule has 5 nitrogen and oxygen atoms in total. The smallest absolute Gasteiger partial charge is 0.225 e. The molecule has 2 rings (SSSR count). The molecule has 2 saturated heterocycles. The van der Waals surface area contributed by atoms with Crippen LogP contribution in [0.5, 0.6) is 0 Å². The Hall–Kier alpha value is -0.720. The largest absolute Gasteiger partial charge is 0.391 e. The van der Waals surface area contributed by atoms with Crippen molar-refractivity contribution in [3.05, 3.63) is 0 Å². The van der Waals surface area contributed by atoms with Crippen molar-refractivity contribution >= 4 is 23.1 Å². The van der Waals surface area contributed by atoms with Gasteiger partial charge in [0.2, 0.25) is 5.91 Å². The van der Waals surface area contributed by atoms with Gasteiger partial charge in [0.25, 0.3) is 0 Å². The number of rotatable bonds is 3. The van der Waals surface area contributed by atoms with Crippen molar-refractivity contribution in [2.45, 2.75) is 31.5 Å². The van der Waals surface area contributed by atoms with Crippen molar-refractivity contribution in [1.29, 1.82) is 0 Å². The summed E-state index contributed by atoms with van der Waals surface area (Å²) < 4.78 is 10.9. The van der Waals surface area contributed by atoms with E-state index in [0.717, 1.165) is 19.4 Å². The van der Waals surface area contributed by atoms with E-state index in [1.54, 1.807) is 4.90 Å². The Morgan fingerprint density at radius 1 is 1.41 bits per heavy atom. The van der Waals surface area contributed by atoms with Crippen molar-refractivity contribution in [3.8, 4) is 0 Å². The molecule has 96 valence electrons. The Kier molecular flexibility index (Phi) is 4.31. The van der Waals surface area contributed by atoms with Crippen LogP contribution in [0.1, 0.15) is 19.3 Å². The molecule has 2 fully saturated rings. The van der Waals surface area contributed by atoms with E-state index >= 15 is 0 Å². The van der Waals surface area contributed by atoms with Gasteiger partial charge >= 0.3 is 0 Å². The summed E-state index contributed by atoms with van der Waals surface area (Å²) in [5, 5.41) is 0. The van der Waals surface area contributed by atoms with E-state index in [1.165, 1.54) is 0 Å². The predicted octanol–water partition coefficient (Wildman–Crippen LogP) is 0.0690. The zero-order chi connectivity index (χ0) is 12.3. The SMILES string of the molecule is NC(=S)C1CN(C(=O)CC2CCCO2)CCO1. The second kappa shape index (κ2) is 5.75. The normalized spacial score (nSPS) is 29.3. The van der Waals surface area contributed by atoms with E-state index in [2.05, 4.69) is 0 Å². The molecule has 0 bridgehead atoms. The zero-order valence-electron chi connectivity index (χ0n) is 9.76. The summed E-state index contributed by atoms with van der Waals surface area (Å²) in [4.78, 5) is 14.1. The van der Waals surface area contributed by atoms with Gasteiger partial charge in [0.1, 0.15) is 11.1 Å². The number of nitrogens with zero attached hydrogens (tertiary/aromatic N) is 1. The summed E-state index contributed by atoms with van der Waals surface area (Å²) in [6, 6.07) is 0. The van der Waals surface area contributed by atoms with E-state index in [9.17, 15) is 4.79 Å². The van der Waals surface area contributed by atoms with Gasteiger partial charge in [0, 0.05) is 13.2 Å². The average molecular weight is 258 g/mol. The number of ether oxygens (including phenoxy) is 2. The highest BCUT2D eigenvalue weighted by Gasteiger charge is 2.28. The molecule has 6 heteroatoms. The van der Waals surface area contributed by atoms with Gasteiger partial charge in [-0.3, -0.25) is 4.79 Å². The van der Waals surface area contributed by atoms with Crippen LogP contribution in [0.25, 0.3) is 0 Å². The maximum Gasteiger partial charge on any atom is 0.225 e. The topological polar surface area (TPSA) is 64.8 Å². The van der Waals surface area contributed by atoms with Crippen molar-refractivity contribution in [1.82, 2.24) is 4.90 Å². The highest BCUT2D eigenvalue weighted by molar-refractivity contribution is 7.80. The average Bonchev–Trinajstić information content (AvgIpc) is 2.82. The lowest BCUT2D eigenvalue weighted by Gasteiger charge is -2.32. The summed E-state index contributed by atoms with van der Waals surface area (Å²) >= 11 is 4.89. The van der Waals surface area contributed by atoms with E-state index in [-0.39, 0.29) is 18.1 Å². The van der Waals surface area contributed by atoms with Gasteiger partial charge in [-0.25, -0.2) is 0 Å². The molecule has 2 aliphatic rings. The summed E-state index contributed by atoms with van der Waals surface area (Å²) in [6.07, 6.45) is 2.29. The predicted molar refractivity (Wildman–Crippen MR) is 66.7 cm³/mol. The summed E-state index contributed by atoms with van der Waals surface area (Å²) in [5.74, 6) is 0.112. The lowest BCUT2D eigenvalue weighted by molar-refractivity contribution is -0.138. The van der Waals surface area contributed by atoms with Crippen LogP contribution in [-0.4, -0.2) is 54.3 Å². The highest BCUT2D eigenvalue weighted by Crippen LogP contribution is 2.17. The lowest BCUT2D eigenvalue weighted by Crippen LogP contribution is -2.50. The third-order valence-electron chi connectivity index (χ3n) is 3.16. The third kappa shape index (κ3) is 3.37. The molecule has 0 aromatic carbocycles. The molecule has 0 radical (unpaired) electrons. The third-order valence-corrected chi connectivity index (χ3v) is 3.43. The van der Waals surface area contributed by atoms with E-state index < -0.39 is 0 Å². The molecule has 2 heterocycles. The Labute approximate surface area is 106 Å². The first-order valence-corrected chi connectivity index (χ1v) is 6.38. The number of amides is 1. The molecule has 0 saturated carbocycles. The monoisotopic (exact) mass is 258 g/mol. The van der Waals surface area contributed by atoms with Gasteiger partial charge in [-0.15, -0.1) is 0 Å². The van der Waals surface area contributed by atoms with Gasteiger partial charge in [-0.2, -0.15) is 0 Å². The summed E-state index contributed by atoms with van der Waals surface area (Å²) in [6.45, 7) is 2.36. The van der Waals surface area contributed by atoms with Gasteiger partial charge in [0.15, 0.2) is 0 Å². The van der Waals surface area contributed by atoms with E-state index in [1.807, 2.05) is 0 Å². The fourth-order valence-electron chi connectivity index (χ4n) is 2.18. The first kappa shape index (κ1) is 12.7. The van der Waals surface area contributed by atoms with Crippen LogP contribution < -0.4 is 5.73 Å². The van der Waals surface area contributed by atoms with Crippen LogP contribution in [0.2, 0.25) is 0 Å². The summed E-state index contributed by atoms with van der Waals surface area (Å²) in [5.41, 5.74) is 5.54. The molecule has 0 aliphatic carbocycles. The van der Waals surface area contributed by atoms with Crippen LogP contribution in [-0.2, 0) is 14.3 Å². The van der Waals surface area contributed by atoms with Crippen molar-refractivity contribution in [2.75, 3.05) is 26.3 Å². The van der Waals surface area contributed by atoms with Crippen molar-refractivity contribution < 1.29 is 14.3 Å². The zero-order valence-corrected chi connectivity index (χ0v) is 10.6. The molecule has 0 aromatic heterocycles. The number of nitrogens with two attached hydrogens (primary N) is 1. The molecular formula is C11H18N2O3S. The Balaban J connectivity index is 1.83. The van der Waals surface area contributed by atoms with Crippen molar-refractivity contribution in [2.24, 2.45) is 5.73 Å². The van der Waals surface area contributed by atoms with Crippen molar-refractivity contribution in [3.63, 3.8) is 0 Å². The van der Waals surface area contributed by atoms with Crippen LogP contribution in [0, 0.1) is 0 Å². The number of hydrogen-bond donors (Lipinski definition) is 1. The molecule has 2 atom stereocenters. The van der Waals surface area contributed by atoms with Crippen LogP contribution in [0.4, 0.5) is 0 Å². The van der Waals surface area contributed by atoms with Crippen LogP contribution in [0.3, 0.4) is 0 Å². The highest BCUT2D eigenvalue weighted by atomic mass is 32.1.